The molecule has 0 radical (unpaired) electrons. The standard InChI is InChI=1S/C13H11FN2O2/c1-9-7-12(16-18-9)15-13(17)6-5-10-3-2-4-11(14)8-10/h2-8H,1H3,(H,15,16,17)/b6-5+. The highest BCUT2D eigenvalue weighted by Gasteiger charge is 2.02. The first kappa shape index (κ1) is 12.0. The molecule has 0 unspecified atom stereocenters. The van der Waals surface area contributed by atoms with Gasteiger partial charge >= 0.3 is 0 Å². The number of halogens is 1. The Labute approximate surface area is 103 Å². The van der Waals surface area contributed by atoms with Crippen molar-refractivity contribution in [1.82, 2.24) is 5.16 Å². The molecule has 2 aromatic rings. The minimum absolute atomic E-state index is 0.343. The highest BCUT2D eigenvalue weighted by molar-refractivity contribution is 6.01. The molecule has 0 atom stereocenters. The molecule has 0 aliphatic rings. The summed E-state index contributed by atoms with van der Waals surface area (Å²) in [4.78, 5) is 11.5. The lowest BCUT2D eigenvalue weighted by molar-refractivity contribution is -0.111. The van der Waals surface area contributed by atoms with Gasteiger partial charge in [0, 0.05) is 12.1 Å². The van der Waals surface area contributed by atoms with Gasteiger partial charge in [0.25, 0.3) is 0 Å². The molecule has 0 saturated heterocycles. The van der Waals surface area contributed by atoms with Crippen LogP contribution < -0.4 is 5.32 Å². The summed E-state index contributed by atoms with van der Waals surface area (Å²) in [5.74, 6) is 0.262. The topological polar surface area (TPSA) is 55.1 Å². The molecule has 4 nitrogen and oxygen atoms in total. The van der Waals surface area contributed by atoms with Gasteiger partial charge < -0.3 is 9.84 Å². The maximum Gasteiger partial charge on any atom is 0.249 e. The molecule has 0 aliphatic heterocycles. The number of hydrogen-bond acceptors (Lipinski definition) is 3. The third-order valence-corrected chi connectivity index (χ3v) is 2.16. The van der Waals surface area contributed by atoms with Crippen LogP contribution in [0.3, 0.4) is 0 Å². The van der Waals surface area contributed by atoms with Crippen LogP contribution in [-0.2, 0) is 4.79 Å². The van der Waals surface area contributed by atoms with E-state index >= 15 is 0 Å². The number of nitrogens with zero attached hydrogens (tertiary/aromatic N) is 1. The summed E-state index contributed by atoms with van der Waals surface area (Å²) >= 11 is 0. The Morgan fingerprint density at radius 2 is 2.28 bits per heavy atom. The normalized spacial score (nSPS) is 10.8. The number of carbonyl (C=O) groups is 1. The molecule has 1 amide bonds. The van der Waals surface area contributed by atoms with E-state index in [9.17, 15) is 9.18 Å². The van der Waals surface area contributed by atoms with Crippen LogP contribution in [0, 0.1) is 12.7 Å². The lowest BCUT2D eigenvalue weighted by Gasteiger charge is -1.95. The third kappa shape index (κ3) is 3.28. The van der Waals surface area contributed by atoms with Crippen molar-refractivity contribution < 1.29 is 13.7 Å². The third-order valence-electron chi connectivity index (χ3n) is 2.16. The van der Waals surface area contributed by atoms with Gasteiger partial charge in [-0.15, -0.1) is 0 Å². The van der Waals surface area contributed by atoms with Gasteiger partial charge in [-0.1, -0.05) is 17.3 Å². The van der Waals surface area contributed by atoms with Crippen LogP contribution in [0.4, 0.5) is 10.2 Å². The molecule has 1 N–H and O–H groups in total. The van der Waals surface area contributed by atoms with Crippen molar-refractivity contribution in [1.29, 1.82) is 0 Å². The van der Waals surface area contributed by atoms with E-state index in [0.29, 0.717) is 17.1 Å². The van der Waals surface area contributed by atoms with Crippen molar-refractivity contribution in [3.63, 3.8) is 0 Å². The van der Waals surface area contributed by atoms with E-state index in [1.165, 1.54) is 24.3 Å². The molecule has 0 fully saturated rings. The lowest BCUT2D eigenvalue weighted by Crippen LogP contribution is -2.07. The number of amides is 1. The molecule has 0 bridgehead atoms. The van der Waals surface area contributed by atoms with Crippen molar-refractivity contribution in [2.75, 3.05) is 5.32 Å². The Morgan fingerprint density at radius 1 is 1.44 bits per heavy atom. The first-order valence-electron chi connectivity index (χ1n) is 5.31. The Morgan fingerprint density at radius 3 is 2.94 bits per heavy atom. The number of benzene rings is 1. The summed E-state index contributed by atoms with van der Waals surface area (Å²) in [5, 5.41) is 6.15. The molecule has 92 valence electrons. The number of aryl methyl sites for hydroxylation is 1. The van der Waals surface area contributed by atoms with Crippen LogP contribution in [0.5, 0.6) is 0 Å². The second-order valence-electron chi connectivity index (χ2n) is 3.70. The molecule has 1 aromatic heterocycles. The fraction of sp³-hybridized carbons (Fsp3) is 0.0769. The summed E-state index contributed by atoms with van der Waals surface area (Å²) in [6.07, 6.45) is 2.82. The van der Waals surface area contributed by atoms with Crippen LogP contribution in [-0.4, -0.2) is 11.1 Å². The number of carbonyl (C=O) groups excluding carboxylic acids is 1. The Bertz CT molecular complexity index is 590. The fourth-order valence-electron chi connectivity index (χ4n) is 1.38. The van der Waals surface area contributed by atoms with Gasteiger partial charge in [0.15, 0.2) is 5.82 Å². The summed E-state index contributed by atoms with van der Waals surface area (Å²) in [5.41, 5.74) is 0.612. The molecule has 0 aliphatic carbocycles. The van der Waals surface area contributed by atoms with E-state index < -0.39 is 0 Å². The summed E-state index contributed by atoms with van der Waals surface area (Å²) in [7, 11) is 0. The van der Waals surface area contributed by atoms with Gasteiger partial charge in [-0.05, 0) is 30.7 Å². The Balaban J connectivity index is 1.99. The minimum atomic E-state index is -0.354. The van der Waals surface area contributed by atoms with Gasteiger partial charge in [-0.25, -0.2) is 4.39 Å². The van der Waals surface area contributed by atoms with Gasteiger partial charge in [0.2, 0.25) is 5.91 Å². The molecule has 1 heterocycles. The number of rotatable bonds is 3. The molecule has 18 heavy (non-hydrogen) atoms. The second kappa shape index (κ2) is 5.27. The molecular weight excluding hydrogens is 235 g/mol. The average Bonchev–Trinajstić information content (AvgIpc) is 2.72. The molecule has 5 heteroatoms. The minimum Gasteiger partial charge on any atom is -0.360 e. The second-order valence-corrected chi connectivity index (χ2v) is 3.70. The quantitative estimate of drug-likeness (QED) is 0.847. The summed E-state index contributed by atoms with van der Waals surface area (Å²) < 4.78 is 17.7. The van der Waals surface area contributed by atoms with Gasteiger partial charge in [0.1, 0.15) is 11.6 Å². The molecule has 1 aromatic carbocycles. The maximum absolute atomic E-state index is 12.9. The van der Waals surface area contributed by atoms with Crippen molar-refractivity contribution in [3.05, 3.63) is 53.5 Å². The molecule has 2 rings (SSSR count). The monoisotopic (exact) mass is 246 g/mol. The predicted molar refractivity (Wildman–Crippen MR) is 65.3 cm³/mol. The zero-order valence-corrected chi connectivity index (χ0v) is 9.68. The molecule has 0 saturated carbocycles. The van der Waals surface area contributed by atoms with Crippen LogP contribution in [0.1, 0.15) is 11.3 Å². The first-order chi connectivity index (χ1) is 8.63. The van der Waals surface area contributed by atoms with E-state index in [-0.39, 0.29) is 11.7 Å². The maximum atomic E-state index is 12.9. The van der Waals surface area contributed by atoms with Crippen molar-refractivity contribution in [3.8, 4) is 0 Å². The Kier molecular flexibility index (Phi) is 3.52. The highest BCUT2D eigenvalue weighted by atomic mass is 19.1. The first-order valence-corrected chi connectivity index (χ1v) is 5.31. The number of anilines is 1. The largest absolute Gasteiger partial charge is 0.360 e. The van der Waals surface area contributed by atoms with E-state index in [2.05, 4.69) is 10.5 Å². The number of nitrogens with one attached hydrogen (secondary N) is 1. The Hall–Kier alpha value is -2.43. The average molecular weight is 246 g/mol. The van der Waals surface area contributed by atoms with Crippen molar-refractivity contribution in [2.24, 2.45) is 0 Å². The SMILES string of the molecule is Cc1cc(NC(=O)/C=C/c2cccc(F)c2)no1. The molecular formula is C13H11FN2O2. The smallest absolute Gasteiger partial charge is 0.249 e. The number of aromatic nitrogens is 1. The predicted octanol–water partition coefficient (Wildman–Crippen LogP) is 2.77. The summed E-state index contributed by atoms with van der Waals surface area (Å²) in [6, 6.07) is 7.56. The van der Waals surface area contributed by atoms with Crippen molar-refractivity contribution in [2.45, 2.75) is 6.92 Å². The summed E-state index contributed by atoms with van der Waals surface area (Å²) in [6.45, 7) is 1.73. The van der Waals surface area contributed by atoms with E-state index in [4.69, 9.17) is 4.52 Å². The van der Waals surface area contributed by atoms with Gasteiger partial charge in [-0.2, -0.15) is 0 Å². The van der Waals surface area contributed by atoms with Gasteiger partial charge in [0.05, 0.1) is 0 Å². The van der Waals surface area contributed by atoms with Crippen molar-refractivity contribution >= 4 is 17.8 Å². The van der Waals surface area contributed by atoms with E-state index in [0.717, 1.165) is 0 Å². The fourth-order valence-corrected chi connectivity index (χ4v) is 1.38. The highest BCUT2D eigenvalue weighted by Crippen LogP contribution is 2.08. The number of hydrogen-bond donors (Lipinski definition) is 1. The van der Waals surface area contributed by atoms with Crippen LogP contribution in [0.2, 0.25) is 0 Å². The van der Waals surface area contributed by atoms with Crippen LogP contribution in [0.25, 0.3) is 6.08 Å². The molecule has 0 spiro atoms. The zero-order valence-electron chi connectivity index (χ0n) is 9.68. The zero-order chi connectivity index (χ0) is 13.0. The van der Waals surface area contributed by atoms with Gasteiger partial charge in [-0.3, -0.25) is 4.79 Å². The lowest BCUT2D eigenvalue weighted by atomic mass is 10.2. The van der Waals surface area contributed by atoms with Crippen LogP contribution in [0.15, 0.2) is 40.9 Å². The van der Waals surface area contributed by atoms with E-state index in [1.54, 1.807) is 25.1 Å². The van der Waals surface area contributed by atoms with Crippen LogP contribution >= 0.6 is 0 Å². The van der Waals surface area contributed by atoms with E-state index in [1.807, 2.05) is 0 Å².